The van der Waals surface area contributed by atoms with Crippen molar-refractivity contribution >= 4 is 0 Å². The van der Waals surface area contributed by atoms with Gasteiger partial charge in [0.2, 0.25) is 6.29 Å². The Morgan fingerprint density at radius 1 is 1.69 bits per heavy atom. The molecule has 1 aliphatic rings. The fraction of sp³-hybridized carbons (Fsp3) is 1.00. The molecule has 3 unspecified atom stereocenters. The van der Waals surface area contributed by atoms with E-state index in [0.717, 1.165) is 6.54 Å². The topological polar surface area (TPSA) is 64.7 Å². The highest BCUT2D eigenvalue weighted by Crippen LogP contribution is 2.19. The lowest BCUT2D eigenvalue weighted by atomic mass is 10.0. The maximum absolute atomic E-state index is 11.5. The monoisotopic (exact) mass is 195 g/mol. The Morgan fingerprint density at radius 3 is 2.62 bits per heavy atom. The normalized spacial score (nSPS) is 33.5. The summed E-state index contributed by atoms with van der Waals surface area (Å²) < 4.78 is 16.3. The molecule has 1 rings (SSSR count). The first kappa shape index (κ1) is 12.8. The fourth-order valence-corrected chi connectivity index (χ4v) is 1.05. The fourth-order valence-electron chi connectivity index (χ4n) is 1.05. The van der Waals surface area contributed by atoms with Gasteiger partial charge in [-0.2, -0.15) is 4.94 Å². The molecule has 0 radical (unpaired) electrons. The molecule has 0 aliphatic carbocycles. The van der Waals surface area contributed by atoms with E-state index in [-0.39, 0.29) is 5.92 Å². The predicted molar refractivity (Wildman–Crippen MR) is 46.4 cm³/mol. The molecule has 0 aromatic heterocycles. The van der Waals surface area contributed by atoms with Gasteiger partial charge in [0.25, 0.3) is 0 Å². The van der Waals surface area contributed by atoms with Crippen LogP contribution in [0.2, 0.25) is 0 Å². The zero-order chi connectivity index (χ0) is 10.3. The van der Waals surface area contributed by atoms with Gasteiger partial charge >= 0.3 is 0 Å². The van der Waals surface area contributed by atoms with Gasteiger partial charge in [-0.3, -0.25) is 0 Å². The van der Waals surface area contributed by atoms with E-state index in [4.69, 9.17) is 15.6 Å². The first-order valence-corrected chi connectivity index (χ1v) is 4.42. The van der Waals surface area contributed by atoms with Crippen molar-refractivity contribution < 1.29 is 19.3 Å². The van der Waals surface area contributed by atoms with Gasteiger partial charge in [-0.05, 0) is 23.4 Å². The van der Waals surface area contributed by atoms with E-state index in [9.17, 15) is 4.53 Å². The van der Waals surface area contributed by atoms with E-state index in [2.05, 4.69) is 4.94 Å². The Morgan fingerprint density at radius 2 is 2.23 bits per heavy atom. The Hall–Kier alpha value is -0.230. The van der Waals surface area contributed by atoms with Crippen molar-refractivity contribution in [1.82, 2.24) is 0 Å². The first-order chi connectivity index (χ1) is 6.15. The van der Waals surface area contributed by atoms with Crippen LogP contribution in [0.25, 0.3) is 0 Å². The molecule has 5 heteroatoms. The minimum atomic E-state index is -1.07. The highest BCUT2D eigenvalue weighted by atomic mass is 19.3. The summed E-state index contributed by atoms with van der Waals surface area (Å²) in [5, 5.41) is 9.05. The second kappa shape index (κ2) is 7.20. The average molecular weight is 195 g/mol. The van der Waals surface area contributed by atoms with E-state index >= 15 is 0 Å². The summed E-state index contributed by atoms with van der Waals surface area (Å²) in [4.78, 5) is 3.38. The van der Waals surface area contributed by atoms with Crippen LogP contribution in [0, 0.1) is 5.92 Å². The molecule has 0 aromatic carbocycles. The molecule has 80 valence electrons. The van der Waals surface area contributed by atoms with Gasteiger partial charge in [0, 0.05) is 0 Å². The number of hydrogen-bond donors (Lipinski definition) is 2. The largest absolute Gasteiger partial charge is 0.388 e. The summed E-state index contributed by atoms with van der Waals surface area (Å²) in [5.41, 5.74) is 4.85. The zero-order valence-corrected chi connectivity index (χ0v) is 8.07. The minimum absolute atomic E-state index is 0.279. The Kier molecular flexibility index (Phi) is 7.07. The van der Waals surface area contributed by atoms with Crippen LogP contribution in [0.4, 0.5) is 4.53 Å². The highest BCUT2D eigenvalue weighted by molar-refractivity contribution is 4.69. The van der Waals surface area contributed by atoms with Crippen LogP contribution >= 0.6 is 0 Å². The maximum atomic E-state index is 11.5. The summed E-state index contributed by atoms with van der Waals surface area (Å²) in [6, 6.07) is 0. The van der Waals surface area contributed by atoms with Crippen LogP contribution in [-0.4, -0.2) is 30.7 Å². The number of hydrogen-bond acceptors (Lipinski definition) is 4. The number of rotatable bonds is 1. The highest BCUT2D eigenvalue weighted by Gasteiger charge is 2.29. The van der Waals surface area contributed by atoms with Crippen molar-refractivity contribution in [2.24, 2.45) is 11.7 Å². The molecule has 13 heavy (non-hydrogen) atoms. The first-order valence-electron chi connectivity index (χ1n) is 4.42. The molecule has 4 nitrogen and oxygen atoms in total. The molecular weight excluding hydrogens is 177 g/mol. The summed E-state index contributed by atoms with van der Waals surface area (Å²) in [7, 11) is 0. The Labute approximate surface area is 77.7 Å². The van der Waals surface area contributed by atoms with E-state index in [1.54, 1.807) is 0 Å². The Bertz CT molecular complexity index is 126. The van der Waals surface area contributed by atoms with E-state index in [1.807, 2.05) is 13.8 Å². The van der Waals surface area contributed by atoms with Crippen molar-refractivity contribution in [3.63, 3.8) is 0 Å². The van der Waals surface area contributed by atoms with Crippen LogP contribution in [0.5, 0.6) is 0 Å². The summed E-state index contributed by atoms with van der Waals surface area (Å²) in [6.07, 6.45) is -1.36. The maximum Gasteiger partial charge on any atom is 0.222 e. The minimum Gasteiger partial charge on any atom is -0.388 e. The van der Waals surface area contributed by atoms with Crippen LogP contribution < -0.4 is 5.73 Å². The third kappa shape index (κ3) is 5.15. The third-order valence-electron chi connectivity index (χ3n) is 1.59. The van der Waals surface area contributed by atoms with Crippen LogP contribution in [0.15, 0.2) is 0 Å². The molecule has 3 N–H and O–H groups in total. The van der Waals surface area contributed by atoms with Gasteiger partial charge in [-0.1, -0.05) is 13.8 Å². The molecule has 0 amide bonds. The average Bonchev–Trinajstić information content (AvgIpc) is 2.06. The Balaban J connectivity index is 0.000000424. The van der Waals surface area contributed by atoms with Gasteiger partial charge in [0.1, 0.15) is 6.10 Å². The van der Waals surface area contributed by atoms with Gasteiger partial charge in [0.05, 0.1) is 6.61 Å². The van der Waals surface area contributed by atoms with Crippen LogP contribution in [-0.2, 0) is 9.68 Å². The molecule has 0 saturated carbocycles. The molecular formula is C8H18FNO3. The van der Waals surface area contributed by atoms with Gasteiger partial charge < -0.3 is 15.6 Å². The van der Waals surface area contributed by atoms with Crippen molar-refractivity contribution in [1.29, 1.82) is 0 Å². The predicted octanol–water partition coefficient (Wildman–Crippen LogP) is 0.596. The van der Waals surface area contributed by atoms with E-state index < -0.39 is 12.4 Å². The molecule has 1 aliphatic heterocycles. The van der Waals surface area contributed by atoms with Crippen molar-refractivity contribution in [2.45, 2.75) is 32.7 Å². The number of aliphatic hydroxyl groups excluding tert-OH is 1. The zero-order valence-electron chi connectivity index (χ0n) is 8.07. The summed E-state index contributed by atoms with van der Waals surface area (Å²) in [6.45, 7) is 5.03. The lowest BCUT2D eigenvalue weighted by molar-refractivity contribution is -0.319. The van der Waals surface area contributed by atoms with Crippen LogP contribution in [0.3, 0.4) is 0 Å². The lowest BCUT2D eigenvalue weighted by Gasteiger charge is -2.28. The number of ether oxygens (including phenoxy) is 1. The summed E-state index contributed by atoms with van der Waals surface area (Å²) >= 11 is 0. The summed E-state index contributed by atoms with van der Waals surface area (Å²) in [5.74, 6) is 0.279. The molecule has 1 fully saturated rings. The second-order valence-corrected chi connectivity index (χ2v) is 3.11. The molecule has 3 atom stereocenters. The van der Waals surface area contributed by atoms with Gasteiger partial charge in [0.15, 0.2) is 0 Å². The number of halogens is 1. The van der Waals surface area contributed by atoms with Gasteiger partial charge in [-0.15, -0.1) is 0 Å². The van der Waals surface area contributed by atoms with E-state index in [0.29, 0.717) is 13.0 Å². The quantitative estimate of drug-likeness (QED) is 0.643. The standard InChI is InChI=1S/C6H11FO3.C2H7N/c1-4-2-5(8)6(10-7)9-3-4;1-2-3/h4-6,8H,2-3H2,1H3;2-3H2,1H3. The molecule has 0 spiro atoms. The van der Waals surface area contributed by atoms with Crippen LogP contribution in [0.1, 0.15) is 20.3 Å². The van der Waals surface area contributed by atoms with Crippen molar-refractivity contribution in [3.05, 3.63) is 0 Å². The molecule has 1 heterocycles. The smallest absolute Gasteiger partial charge is 0.222 e. The number of nitrogens with two attached hydrogens (primary N) is 1. The second-order valence-electron chi connectivity index (χ2n) is 3.11. The number of aliphatic hydroxyl groups is 1. The van der Waals surface area contributed by atoms with E-state index in [1.165, 1.54) is 0 Å². The van der Waals surface area contributed by atoms with Crippen molar-refractivity contribution in [3.8, 4) is 0 Å². The van der Waals surface area contributed by atoms with Gasteiger partial charge in [-0.25, -0.2) is 0 Å². The molecule has 0 bridgehead atoms. The molecule has 0 aromatic rings. The molecule has 1 saturated heterocycles. The lowest BCUT2D eigenvalue weighted by Crippen LogP contribution is -2.38. The third-order valence-corrected chi connectivity index (χ3v) is 1.59. The SMILES string of the molecule is CC1COC(OF)C(O)C1.CCN. The van der Waals surface area contributed by atoms with Crippen molar-refractivity contribution in [2.75, 3.05) is 13.2 Å².